The van der Waals surface area contributed by atoms with Crippen LogP contribution in [0.15, 0.2) is 16.9 Å². The van der Waals surface area contributed by atoms with Crippen molar-refractivity contribution in [3.05, 3.63) is 28.0 Å². The molecule has 1 aromatic rings. The third-order valence-corrected chi connectivity index (χ3v) is 3.53. The van der Waals surface area contributed by atoms with E-state index in [1.807, 2.05) is 6.07 Å². The summed E-state index contributed by atoms with van der Waals surface area (Å²) in [6, 6.07) is 3.51. The summed E-state index contributed by atoms with van der Waals surface area (Å²) in [6.07, 6.45) is 2.10. The highest BCUT2D eigenvalue weighted by atomic mass is 16.5. The van der Waals surface area contributed by atoms with E-state index in [1.54, 1.807) is 10.6 Å². The van der Waals surface area contributed by atoms with E-state index in [0.717, 1.165) is 37.3 Å². The van der Waals surface area contributed by atoms with Crippen LogP contribution in [0.2, 0.25) is 0 Å². The van der Waals surface area contributed by atoms with Gasteiger partial charge in [-0.05, 0) is 30.4 Å². The average molecular weight is 264 g/mol. The first kappa shape index (κ1) is 13.6. The fourth-order valence-electron chi connectivity index (χ4n) is 2.45. The van der Waals surface area contributed by atoms with E-state index in [9.17, 15) is 9.59 Å². The van der Waals surface area contributed by atoms with E-state index in [2.05, 4.69) is 17.0 Å². The van der Waals surface area contributed by atoms with Gasteiger partial charge in [-0.1, -0.05) is 6.92 Å². The van der Waals surface area contributed by atoms with E-state index in [0.29, 0.717) is 12.3 Å². The minimum Gasteiger partial charge on any atom is -0.469 e. The number of esters is 1. The van der Waals surface area contributed by atoms with Crippen LogP contribution >= 0.6 is 0 Å². The van der Waals surface area contributed by atoms with Crippen molar-refractivity contribution in [3.8, 4) is 0 Å². The summed E-state index contributed by atoms with van der Waals surface area (Å²) in [5, 5.41) is 3.26. The molecule has 1 unspecified atom stereocenters. The second kappa shape index (κ2) is 5.91. The minimum absolute atomic E-state index is 0.0472. The summed E-state index contributed by atoms with van der Waals surface area (Å²) in [4.78, 5) is 22.8. The van der Waals surface area contributed by atoms with Crippen LogP contribution in [0.3, 0.4) is 0 Å². The number of anilines is 1. The Morgan fingerprint density at radius 1 is 1.53 bits per heavy atom. The molecule has 104 valence electrons. The molecule has 1 aliphatic rings. The zero-order chi connectivity index (χ0) is 13.8. The molecule has 1 aliphatic heterocycles. The third kappa shape index (κ3) is 3.16. The maximum absolute atomic E-state index is 11.7. The van der Waals surface area contributed by atoms with Crippen molar-refractivity contribution < 1.29 is 9.53 Å². The van der Waals surface area contributed by atoms with Crippen LogP contribution in [0, 0.1) is 5.92 Å². The Labute approximate surface area is 112 Å². The Morgan fingerprint density at radius 2 is 2.32 bits per heavy atom. The number of aromatic nitrogens is 1. The summed E-state index contributed by atoms with van der Waals surface area (Å²) in [7, 11) is 1.41. The maximum Gasteiger partial charge on any atom is 0.305 e. The molecule has 0 spiro atoms. The van der Waals surface area contributed by atoms with Crippen LogP contribution < -0.4 is 10.9 Å². The van der Waals surface area contributed by atoms with Crippen LogP contribution in [0.5, 0.6) is 0 Å². The monoisotopic (exact) mass is 264 g/mol. The molecule has 19 heavy (non-hydrogen) atoms. The number of ether oxygens (including phenoxy) is 1. The standard InChI is InChI=1S/C14H20N2O3/c1-10(3-6-13(18)19-2)9-11-4-5-12(17)16-8-7-15-14(11)16/h4-5,10,15H,3,6-9H2,1-2H3. The van der Waals surface area contributed by atoms with E-state index in [4.69, 9.17) is 0 Å². The first-order chi connectivity index (χ1) is 9.11. The van der Waals surface area contributed by atoms with Gasteiger partial charge < -0.3 is 10.1 Å². The molecule has 0 aliphatic carbocycles. The van der Waals surface area contributed by atoms with Crippen LogP contribution in [-0.2, 0) is 22.5 Å². The predicted molar refractivity (Wildman–Crippen MR) is 73.3 cm³/mol. The van der Waals surface area contributed by atoms with E-state index >= 15 is 0 Å². The van der Waals surface area contributed by atoms with Crippen LogP contribution in [0.1, 0.15) is 25.3 Å². The van der Waals surface area contributed by atoms with Gasteiger partial charge >= 0.3 is 5.97 Å². The fraction of sp³-hybridized carbons (Fsp3) is 0.571. The number of hydrogen-bond donors (Lipinski definition) is 1. The number of carbonyl (C=O) groups is 1. The lowest BCUT2D eigenvalue weighted by molar-refractivity contribution is -0.140. The van der Waals surface area contributed by atoms with Gasteiger partial charge in [0.15, 0.2) is 0 Å². The second-order valence-electron chi connectivity index (χ2n) is 5.05. The number of rotatable bonds is 5. The van der Waals surface area contributed by atoms with Crippen molar-refractivity contribution in [2.24, 2.45) is 5.92 Å². The zero-order valence-corrected chi connectivity index (χ0v) is 11.4. The van der Waals surface area contributed by atoms with Crippen LogP contribution in [-0.4, -0.2) is 24.2 Å². The van der Waals surface area contributed by atoms with Gasteiger partial charge in [0.2, 0.25) is 0 Å². The highest BCUT2D eigenvalue weighted by Gasteiger charge is 2.17. The Kier molecular flexibility index (Phi) is 4.24. The topological polar surface area (TPSA) is 60.3 Å². The molecule has 2 heterocycles. The molecule has 2 rings (SSSR count). The Balaban J connectivity index is 2.02. The van der Waals surface area contributed by atoms with Gasteiger partial charge in [-0.3, -0.25) is 14.2 Å². The van der Waals surface area contributed by atoms with Crippen molar-refractivity contribution in [3.63, 3.8) is 0 Å². The summed E-state index contributed by atoms with van der Waals surface area (Å²) >= 11 is 0. The molecule has 0 amide bonds. The van der Waals surface area contributed by atoms with Gasteiger partial charge in [-0.15, -0.1) is 0 Å². The summed E-state index contributed by atoms with van der Waals surface area (Å²) in [5.74, 6) is 1.15. The van der Waals surface area contributed by atoms with Crippen molar-refractivity contribution in [2.45, 2.75) is 32.7 Å². The molecule has 0 saturated carbocycles. The highest BCUT2D eigenvalue weighted by Crippen LogP contribution is 2.22. The van der Waals surface area contributed by atoms with E-state index < -0.39 is 0 Å². The molecule has 5 nitrogen and oxygen atoms in total. The number of nitrogens with one attached hydrogen (secondary N) is 1. The quantitative estimate of drug-likeness (QED) is 0.817. The molecule has 0 saturated heterocycles. The lowest BCUT2D eigenvalue weighted by Gasteiger charge is -2.14. The Bertz CT molecular complexity index is 522. The number of fused-ring (bicyclic) bond motifs is 1. The fourth-order valence-corrected chi connectivity index (χ4v) is 2.45. The number of nitrogens with zero attached hydrogens (tertiary/aromatic N) is 1. The smallest absolute Gasteiger partial charge is 0.305 e. The van der Waals surface area contributed by atoms with Gasteiger partial charge in [0.25, 0.3) is 5.56 Å². The number of hydrogen-bond acceptors (Lipinski definition) is 4. The lowest BCUT2D eigenvalue weighted by atomic mass is 9.97. The summed E-state index contributed by atoms with van der Waals surface area (Å²) in [6.45, 7) is 3.65. The molecule has 5 heteroatoms. The van der Waals surface area contributed by atoms with Crippen molar-refractivity contribution in [1.29, 1.82) is 0 Å². The molecule has 0 fully saturated rings. The first-order valence-electron chi connectivity index (χ1n) is 6.65. The predicted octanol–water partition coefficient (Wildman–Crippen LogP) is 1.41. The summed E-state index contributed by atoms with van der Waals surface area (Å²) in [5.41, 5.74) is 1.19. The van der Waals surface area contributed by atoms with Crippen molar-refractivity contribution in [2.75, 3.05) is 19.0 Å². The average Bonchev–Trinajstić information content (AvgIpc) is 2.89. The maximum atomic E-state index is 11.7. The number of methoxy groups -OCH3 is 1. The molecule has 0 bridgehead atoms. The molecular formula is C14H20N2O3. The van der Waals surface area contributed by atoms with Gasteiger partial charge in [0, 0.05) is 25.6 Å². The van der Waals surface area contributed by atoms with Gasteiger partial charge in [-0.25, -0.2) is 0 Å². The lowest BCUT2D eigenvalue weighted by Crippen LogP contribution is -2.18. The Hall–Kier alpha value is -1.78. The molecule has 0 aromatic carbocycles. The minimum atomic E-state index is -0.167. The van der Waals surface area contributed by atoms with E-state index in [-0.39, 0.29) is 11.5 Å². The van der Waals surface area contributed by atoms with Gasteiger partial charge in [0.1, 0.15) is 5.82 Å². The SMILES string of the molecule is COC(=O)CCC(C)Cc1ccc(=O)n2c1NCC2. The highest BCUT2D eigenvalue weighted by molar-refractivity contribution is 5.69. The first-order valence-corrected chi connectivity index (χ1v) is 6.65. The number of pyridine rings is 1. The van der Waals surface area contributed by atoms with Gasteiger partial charge in [-0.2, -0.15) is 0 Å². The van der Waals surface area contributed by atoms with Gasteiger partial charge in [0.05, 0.1) is 7.11 Å². The van der Waals surface area contributed by atoms with Crippen LogP contribution in [0.25, 0.3) is 0 Å². The van der Waals surface area contributed by atoms with Crippen molar-refractivity contribution >= 4 is 11.8 Å². The molecular weight excluding hydrogens is 244 g/mol. The third-order valence-electron chi connectivity index (χ3n) is 3.53. The molecule has 0 radical (unpaired) electrons. The molecule has 1 N–H and O–H groups in total. The molecule has 1 atom stereocenters. The largest absolute Gasteiger partial charge is 0.469 e. The van der Waals surface area contributed by atoms with Crippen LogP contribution in [0.4, 0.5) is 5.82 Å². The molecule has 1 aromatic heterocycles. The normalized spacial score (nSPS) is 14.6. The van der Waals surface area contributed by atoms with E-state index in [1.165, 1.54) is 7.11 Å². The van der Waals surface area contributed by atoms with Crippen molar-refractivity contribution in [1.82, 2.24) is 4.57 Å². The second-order valence-corrected chi connectivity index (χ2v) is 5.05. The zero-order valence-electron chi connectivity index (χ0n) is 11.4. The Morgan fingerprint density at radius 3 is 3.05 bits per heavy atom. The number of carbonyl (C=O) groups excluding carboxylic acids is 1. The summed E-state index contributed by atoms with van der Waals surface area (Å²) < 4.78 is 6.42.